The molecule has 3 aromatic rings. The van der Waals surface area contributed by atoms with Gasteiger partial charge in [0.2, 0.25) is 10.0 Å². The number of hydrogen-bond donors (Lipinski definition) is 1. The number of thiazole rings is 1. The number of sulfonamides is 1. The molecule has 0 bridgehead atoms. The SMILES string of the molecule is CCOc1ccc(C(=O)Nc2nc3ccc(S(=O)(=O)N(C(C)C)C(C)C)cc3s2)cc1OCC. The predicted octanol–water partition coefficient (Wildman–Crippen LogP) is 5.15. The van der Waals surface area contributed by atoms with Crippen molar-refractivity contribution in [1.29, 1.82) is 0 Å². The van der Waals surface area contributed by atoms with Crippen LogP contribution in [-0.2, 0) is 10.0 Å². The third kappa shape index (κ3) is 5.51. The van der Waals surface area contributed by atoms with Crippen LogP contribution in [0.25, 0.3) is 10.2 Å². The van der Waals surface area contributed by atoms with Crippen molar-refractivity contribution in [2.45, 2.75) is 58.5 Å². The van der Waals surface area contributed by atoms with Gasteiger partial charge in [-0.1, -0.05) is 11.3 Å². The summed E-state index contributed by atoms with van der Waals surface area (Å²) in [5.74, 6) is 0.726. The number of carbonyl (C=O) groups excluding carboxylic acids is 1. The van der Waals surface area contributed by atoms with Crippen LogP contribution >= 0.6 is 11.3 Å². The molecule has 2 aromatic carbocycles. The molecular weight excluding hydrogens is 474 g/mol. The number of fused-ring (bicyclic) bond motifs is 1. The topological polar surface area (TPSA) is 97.8 Å². The van der Waals surface area contributed by atoms with Gasteiger partial charge in [0, 0.05) is 17.6 Å². The Morgan fingerprint density at radius 3 is 2.26 bits per heavy atom. The average Bonchev–Trinajstić information content (AvgIpc) is 3.15. The Bertz CT molecular complexity index is 1260. The lowest BCUT2D eigenvalue weighted by Crippen LogP contribution is -2.41. The lowest BCUT2D eigenvalue weighted by Gasteiger charge is -2.29. The maximum Gasteiger partial charge on any atom is 0.257 e. The zero-order chi connectivity index (χ0) is 25.0. The zero-order valence-electron chi connectivity index (χ0n) is 20.3. The number of benzene rings is 2. The first-order valence-corrected chi connectivity index (χ1v) is 13.5. The summed E-state index contributed by atoms with van der Waals surface area (Å²) in [7, 11) is -3.67. The van der Waals surface area contributed by atoms with E-state index in [1.54, 1.807) is 36.4 Å². The number of amides is 1. The fourth-order valence-corrected chi connectivity index (χ4v) is 6.59. The van der Waals surface area contributed by atoms with E-state index in [0.29, 0.717) is 45.6 Å². The summed E-state index contributed by atoms with van der Waals surface area (Å²) >= 11 is 1.22. The maximum absolute atomic E-state index is 13.2. The van der Waals surface area contributed by atoms with Crippen LogP contribution in [0.1, 0.15) is 51.9 Å². The van der Waals surface area contributed by atoms with Crippen LogP contribution in [0.3, 0.4) is 0 Å². The minimum atomic E-state index is -3.67. The fourth-order valence-electron chi connectivity index (χ4n) is 3.75. The average molecular weight is 506 g/mol. The Morgan fingerprint density at radius 2 is 1.65 bits per heavy atom. The van der Waals surface area contributed by atoms with E-state index >= 15 is 0 Å². The van der Waals surface area contributed by atoms with Crippen LogP contribution in [0.15, 0.2) is 41.3 Å². The van der Waals surface area contributed by atoms with Gasteiger partial charge in [0.15, 0.2) is 16.6 Å². The molecular formula is C24H31N3O5S2. The van der Waals surface area contributed by atoms with Crippen LogP contribution in [0.2, 0.25) is 0 Å². The van der Waals surface area contributed by atoms with E-state index in [4.69, 9.17) is 9.47 Å². The zero-order valence-corrected chi connectivity index (χ0v) is 21.9. The Morgan fingerprint density at radius 1 is 1.00 bits per heavy atom. The minimum Gasteiger partial charge on any atom is -0.490 e. The van der Waals surface area contributed by atoms with Gasteiger partial charge in [-0.15, -0.1) is 0 Å². The summed E-state index contributed by atoms with van der Waals surface area (Å²) < 4.78 is 39.7. The van der Waals surface area contributed by atoms with Gasteiger partial charge < -0.3 is 9.47 Å². The summed E-state index contributed by atoms with van der Waals surface area (Å²) in [6, 6.07) is 9.48. The Hall–Kier alpha value is -2.69. The van der Waals surface area contributed by atoms with Gasteiger partial charge in [-0.3, -0.25) is 10.1 Å². The molecule has 0 atom stereocenters. The molecule has 0 saturated carbocycles. The first kappa shape index (κ1) is 25.9. The van der Waals surface area contributed by atoms with Gasteiger partial charge in [-0.25, -0.2) is 13.4 Å². The molecule has 0 fully saturated rings. The number of hydrogen-bond acceptors (Lipinski definition) is 7. The van der Waals surface area contributed by atoms with Crippen molar-refractivity contribution in [3.8, 4) is 11.5 Å². The molecule has 0 aliphatic carbocycles. The van der Waals surface area contributed by atoms with Crippen LogP contribution < -0.4 is 14.8 Å². The molecule has 0 aliphatic rings. The molecule has 1 aromatic heterocycles. The molecule has 0 aliphatic heterocycles. The van der Waals surface area contributed by atoms with Crippen molar-refractivity contribution in [3.63, 3.8) is 0 Å². The molecule has 10 heteroatoms. The number of aromatic nitrogens is 1. The lowest BCUT2D eigenvalue weighted by atomic mass is 10.2. The van der Waals surface area contributed by atoms with E-state index in [1.807, 2.05) is 41.5 Å². The van der Waals surface area contributed by atoms with E-state index in [9.17, 15) is 13.2 Å². The Balaban J connectivity index is 1.87. The van der Waals surface area contributed by atoms with Crippen molar-refractivity contribution >= 4 is 42.6 Å². The molecule has 0 spiro atoms. The summed E-state index contributed by atoms with van der Waals surface area (Å²) in [5.41, 5.74) is 1.01. The Kier molecular flexibility index (Phi) is 8.17. The summed E-state index contributed by atoms with van der Waals surface area (Å²) in [4.78, 5) is 17.5. The fraction of sp³-hybridized carbons (Fsp3) is 0.417. The number of anilines is 1. The summed E-state index contributed by atoms with van der Waals surface area (Å²) in [6.45, 7) is 12.1. The third-order valence-corrected chi connectivity index (χ3v) is 8.16. The van der Waals surface area contributed by atoms with Gasteiger partial charge in [-0.2, -0.15) is 4.31 Å². The normalized spacial score (nSPS) is 12.0. The molecule has 1 heterocycles. The highest BCUT2D eigenvalue weighted by Crippen LogP contribution is 2.32. The second kappa shape index (κ2) is 10.7. The second-order valence-electron chi connectivity index (χ2n) is 8.15. The molecule has 34 heavy (non-hydrogen) atoms. The second-order valence-corrected chi connectivity index (χ2v) is 11.0. The van der Waals surface area contributed by atoms with E-state index < -0.39 is 10.0 Å². The molecule has 0 saturated heterocycles. The minimum absolute atomic E-state index is 0.173. The van der Waals surface area contributed by atoms with E-state index in [-0.39, 0.29) is 22.9 Å². The molecule has 3 rings (SSSR count). The molecule has 8 nitrogen and oxygen atoms in total. The summed E-state index contributed by atoms with van der Waals surface area (Å²) in [5, 5.41) is 3.18. The Labute approximate surface area is 205 Å². The van der Waals surface area contributed by atoms with Crippen LogP contribution in [0.5, 0.6) is 11.5 Å². The van der Waals surface area contributed by atoms with E-state index in [1.165, 1.54) is 15.6 Å². The summed E-state index contributed by atoms with van der Waals surface area (Å²) in [6.07, 6.45) is 0. The number of nitrogens with zero attached hydrogens (tertiary/aromatic N) is 2. The standard InChI is InChI=1S/C24H31N3O5S2/c1-7-31-20-12-9-17(13-21(20)32-8-2)23(28)26-24-25-19-11-10-18(14-22(19)33-24)34(29,30)27(15(3)4)16(5)6/h9-16H,7-8H2,1-6H3,(H,25,26,28). The van der Waals surface area contributed by atoms with Crippen LogP contribution in [-0.4, -0.2) is 48.9 Å². The maximum atomic E-state index is 13.2. The lowest BCUT2D eigenvalue weighted by molar-refractivity contribution is 0.102. The van der Waals surface area contributed by atoms with Crippen molar-refractivity contribution in [2.24, 2.45) is 0 Å². The molecule has 1 N–H and O–H groups in total. The molecule has 0 radical (unpaired) electrons. The molecule has 184 valence electrons. The smallest absolute Gasteiger partial charge is 0.257 e. The highest BCUT2D eigenvalue weighted by molar-refractivity contribution is 7.89. The van der Waals surface area contributed by atoms with Crippen molar-refractivity contribution < 1.29 is 22.7 Å². The predicted molar refractivity (Wildman–Crippen MR) is 136 cm³/mol. The van der Waals surface area contributed by atoms with E-state index in [0.717, 1.165) is 0 Å². The third-order valence-electron chi connectivity index (χ3n) is 4.98. The van der Waals surface area contributed by atoms with E-state index in [2.05, 4.69) is 10.3 Å². The van der Waals surface area contributed by atoms with Crippen LogP contribution in [0, 0.1) is 0 Å². The van der Waals surface area contributed by atoms with Gasteiger partial charge >= 0.3 is 0 Å². The highest BCUT2D eigenvalue weighted by atomic mass is 32.2. The number of rotatable bonds is 10. The first-order valence-electron chi connectivity index (χ1n) is 11.2. The van der Waals surface area contributed by atoms with Crippen molar-refractivity contribution in [3.05, 3.63) is 42.0 Å². The van der Waals surface area contributed by atoms with Crippen LogP contribution in [0.4, 0.5) is 5.13 Å². The van der Waals surface area contributed by atoms with Crippen molar-refractivity contribution in [2.75, 3.05) is 18.5 Å². The highest BCUT2D eigenvalue weighted by Gasteiger charge is 2.29. The van der Waals surface area contributed by atoms with Gasteiger partial charge in [0.05, 0.1) is 28.3 Å². The van der Waals surface area contributed by atoms with Crippen molar-refractivity contribution in [1.82, 2.24) is 9.29 Å². The van der Waals surface area contributed by atoms with Gasteiger partial charge in [-0.05, 0) is 77.9 Å². The first-order chi connectivity index (χ1) is 16.1. The number of nitrogens with one attached hydrogen (secondary N) is 1. The molecule has 1 amide bonds. The monoisotopic (exact) mass is 505 g/mol. The number of carbonyl (C=O) groups is 1. The van der Waals surface area contributed by atoms with Gasteiger partial charge in [0.25, 0.3) is 5.91 Å². The number of ether oxygens (including phenoxy) is 2. The quantitative estimate of drug-likeness (QED) is 0.409. The largest absolute Gasteiger partial charge is 0.490 e. The van der Waals surface area contributed by atoms with Gasteiger partial charge in [0.1, 0.15) is 0 Å². The molecule has 0 unspecified atom stereocenters.